The maximum Gasteiger partial charge on any atom is 0.338 e. The molecular weight excluding hydrogens is 460 g/mol. The number of hydrogen-bond acceptors (Lipinski definition) is 8. The van der Waals surface area contributed by atoms with E-state index < -0.39 is 11.2 Å². The Balaban J connectivity index is 1.54. The minimum atomic E-state index is -0.607. The van der Waals surface area contributed by atoms with Crippen molar-refractivity contribution in [3.05, 3.63) is 51.2 Å². The summed E-state index contributed by atoms with van der Waals surface area (Å²) in [7, 11) is 0. The van der Waals surface area contributed by atoms with Gasteiger partial charge in [-0.15, -0.1) is 16.4 Å². The lowest BCUT2D eigenvalue weighted by Crippen LogP contribution is -2.28. The first-order valence-corrected chi connectivity index (χ1v) is 11.4. The SMILES string of the molecule is CCOC(=O)c1ccc(NC(=O)CC2S/C(=N/N=C(\C)c3ccc(Cl)s3)NC2=O)cc1. The van der Waals surface area contributed by atoms with Crippen LogP contribution in [0, 0.1) is 0 Å². The minimum absolute atomic E-state index is 0.0294. The van der Waals surface area contributed by atoms with Gasteiger partial charge in [0.15, 0.2) is 5.17 Å². The Morgan fingerprint density at radius 3 is 2.61 bits per heavy atom. The van der Waals surface area contributed by atoms with Gasteiger partial charge in [0, 0.05) is 12.1 Å². The quantitative estimate of drug-likeness (QED) is 0.356. The monoisotopic (exact) mass is 478 g/mol. The third-order valence-corrected chi connectivity index (χ3v) is 6.46. The molecule has 8 nitrogen and oxygen atoms in total. The van der Waals surface area contributed by atoms with Gasteiger partial charge in [-0.2, -0.15) is 5.10 Å². The number of thiophene rings is 1. The van der Waals surface area contributed by atoms with Crippen molar-refractivity contribution in [3.8, 4) is 0 Å². The molecule has 2 heterocycles. The zero-order valence-corrected chi connectivity index (χ0v) is 19.1. The summed E-state index contributed by atoms with van der Waals surface area (Å²) in [6.45, 7) is 3.82. The topological polar surface area (TPSA) is 109 Å². The number of ether oxygens (including phenoxy) is 1. The van der Waals surface area contributed by atoms with Gasteiger partial charge in [0.05, 0.1) is 27.1 Å². The second-order valence-corrected chi connectivity index (χ2v) is 9.25. The number of rotatable bonds is 7. The number of esters is 1. The molecular formula is C20H19ClN4O4S2. The molecule has 1 aliphatic heterocycles. The van der Waals surface area contributed by atoms with E-state index in [1.54, 1.807) is 44.2 Å². The zero-order chi connectivity index (χ0) is 22.4. The van der Waals surface area contributed by atoms with Crippen molar-refractivity contribution in [2.24, 2.45) is 10.2 Å². The van der Waals surface area contributed by atoms with Crippen LogP contribution < -0.4 is 10.6 Å². The van der Waals surface area contributed by atoms with Gasteiger partial charge in [-0.3, -0.25) is 9.59 Å². The Kier molecular flexibility index (Phi) is 7.83. The Morgan fingerprint density at radius 1 is 1.23 bits per heavy atom. The summed E-state index contributed by atoms with van der Waals surface area (Å²) in [5.74, 6) is -1.06. The Hall–Kier alpha value is -2.69. The van der Waals surface area contributed by atoms with Crippen LogP contribution in [0.15, 0.2) is 46.6 Å². The van der Waals surface area contributed by atoms with Crippen molar-refractivity contribution in [1.82, 2.24) is 5.32 Å². The normalized spacial score (nSPS) is 17.5. The largest absolute Gasteiger partial charge is 0.462 e. The summed E-state index contributed by atoms with van der Waals surface area (Å²) in [4.78, 5) is 37.0. The van der Waals surface area contributed by atoms with Gasteiger partial charge in [0.2, 0.25) is 11.8 Å². The van der Waals surface area contributed by atoms with Crippen LogP contribution in [0.4, 0.5) is 5.69 Å². The Bertz CT molecular complexity index is 1050. The zero-order valence-electron chi connectivity index (χ0n) is 16.7. The summed E-state index contributed by atoms with van der Waals surface area (Å²) in [6.07, 6.45) is -0.0294. The van der Waals surface area contributed by atoms with Crippen LogP contribution in [-0.4, -0.2) is 40.5 Å². The number of benzene rings is 1. The van der Waals surface area contributed by atoms with E-state index in [-0.39, 0.29) is 24.8 Å². The van der Waals surface area contributed by atoms with Crippen LogP contribution in [0.3, 0.4) is 0 Å². The fourth-order valence-electron chi connectivity index (χ4n) is 2.55. The fourth-order valence-corrected chi connectivity index (χ4v) is 4.45. The van der Waals surface area contributed by atoms with Crippen LogP contribution in [0.25, 0.3) is 0 Å². The van der Waals surface area contributed by atoms with Crippen molar-refractivity contribution < 1.29 is 19.1 Å². The number of amides is 2. The van der Waals surface area contributed by atoms with Gasteiger partial charge < -0.3 is 15.4 Å². The van der Waals surface area contributed by atoms with Crippen molar-refractivity contribution in [2.45, 2.75) is 25.5 Å². The van der Waals surface area contributed by atoms with E-state index >= 15 is 0 Å². The predicted molar refractivity (Wildman–Crippen MR) is 124 cm³/mol. The molecule has 0 saturated carbocycles. The molecule has 31 heavy (non-hydrogen) atoms. The smallest absolute Gasteiger partial charge is 0.338 e. The standard InChI is InChI=1S/C20H19ClN4O4S2/c1-3-29-19(28)12-4-6-13(7-5-12)22-17(26)10-15-18(27)23-20(31-15)25-24-11(2)14-8-9-16(21)30-14/h4-9,15H,3,10H2,1-2H3,(H,22,26)(H,23,25,27)/b24-11+. The molecule has 11 heteroatoms. The number of carbonyl (C=O) groups is 3. The van der Waals surface area contributed by atoms with Crippen molar-refractivity contribution >= 4 is 69.0 Å². The average molecular weight is 479 g/mol. The summed E-state index contributed by atoms with van der Waals surface area (Å²) >= 11 is 8.45. The first-order valence-electron chi connectivity index (χ1n) is 9.28. The number of amidine groups is 1. The lowest BCUT2D eigenvalue weighted by molar-refractivity contribution is -0.122. The molecule has 2 N–H and O–H groups in total. The second kappa shape index (κ2) is 10.6. The molecule has 1 unspecified atom stereocenters. The summed E-state index contributed by atoms with van der Waals surface area (Å²) in [5.41, 5.74) is 1.59. The third kappa shape index (κ3) is 6.39. The minimum Gasteiger partial charge on any atom is -0.462 e. The predicted octanol–water partition coefficient (Wildman–Crippen LogP) is 3.92. The van der Waals surface area contributed by atoms with Crippen molar-refractivity contribution in [1.29, 1.82) is 0 Å². The van der Waals surface area contributed by atoms with Gasteiger partial charge >= 0.3 is 5.97 Å². The number of nitrogens with zero attached hydrogens (tertiary/aromatic N) is 2. The van der Waals surface area contributed by atoms with Crippen molar-refractivity contribution in [3.63, 3.8) is 0 Å². The number of nitrogens with one attached hydrogen (secondary N) is 2. The van der Waals surface area contributed by atoms with Crippen LogP contribution >= 0.6 is 34.7 Å². The summed E-state index contributed by atoms with van der Waals surface area (Å²) in [6, 6.07) is 9.96. The van der Waals surface area contributed by atoms with E-state index in [0.29, 0.717) is 26.5 Å². The molecule has 0 bridgehead atoms. The van der Waals surface area contributed by atoms with Crippen LogP contribution in [0.5, 0.6) is 0 Å². The molecule has 162 valence electrons. The Labute approximate surface area is 192 Å². The number of anilines is 1. The lowest BCUT2D eigenvalue weighted by atomic mass is 10.2. The maximum atomic E-state index is 12.3. The van der Waals surface area contributed by atoms with E-state index in [1.165, 1.54) is 11.3 Å². The molecule has 1 saturated heterocycles. The number of carbonyl (C=O) groups excluding carboxylic acids is 3. The molecule has 0 aliphatic carbocycles. The highest BCUT2D eigenvalue weighted by molar-refractivity contribution is 8.15. The Morgan fingerprint density at radius 2 is 1.97 bits per heavy atom. The molecule has 1 aliphatic rings. The molecule has 3 rings (SSSR count). The van der Waals surface area contributed by atoms with Gasteiger partial charge in [0.25, 0.3) is 0 Å². The highest BCUT2D eigenvalue weighted by atomic mass is 35.5. The van der Waals surface area contributed by atoms with E-state index in [4.69, 9.17) is 16.3 Å². The van der Waals surface area contributed by atoms with Crippen LogP contribution in [0.2, 0.25) is 4.34 Å². The summed E-state index contributed by atoms with van der Waals surface area (Å²) < 4.78 is 5.58. The van der Waals surface area contributed by atoms with E-state index in [1.807, 2.05) is 6.07 Å². The van der Waals surface area contributed by atoms with E-state index in [0.717, 1.165) is 16.6 Å². The van der Waals surface area contributed by atoms with Crippen LogP contribution in [-0.2, 0) is 14.3 Å². The molecule has 1 aromatic carbocycles. The lowest BCUT2D eigenvalue weighted by Gasteiger charge is -2.08. The van der Waals surface area contributed by atoms with Gasteiger partial charge in [-0.05, 0) is 50.2 Å². The first-order chi connectivity index (χ1) is 14.9. The molecule has 2 aromatic rings. The second-order valence-electron chi connectivity index (χ2n) is 6.34. The molecule has 1 aromatic heterocycles. The first kappa shape index (κ1) is 23.0. The number of hydrogen-bond donors (Lipinski definition) is 2. The van der Waals surface area contributed by atoms with Gasteiger partial charge in [-0.1, -0.05) is 23.4 Å². The maximum absolute atomic E-state index is 12.3. The molecule has 0 radical (unpaired) electrons. The van der Waals surface area contributed by atoms with Crippen molar-refractivity contribution in [2.75, 3.05) is 11.9 Å². The van der Waals surface area contributed by atoms with Crippen LogP contribution in [0.1, 0.15) is 35.5 Å². The third-order valence-electron chi connectivity index (χ3n) is 4.05. The number of thioether (sulfide) groups is 1. The molecule has 1 fully saturated rings. The van der Waals surface area contributed by atoms with E-state index in [2.05, 4.69) is 20.8 Å². The van der Waals surface area contributed by atoms with Gasteiger partial charge in [-0.25, -0.2) is 4.79 Å². The molecule has 2 amide bonds. The molecule has 0 spiro atoms. The fraction of sp³-hybridized carbons (Fsp3) is 0.250. The molecule has 1 atom stereocenters. The highest BCUT2D eigenvalue weighted by Crippen LogP contribution is 2.24. The van der Waals surface area contributed by atoms with Gasteiger partial charge in [0.1, 0.15) is 5.25 Å². The highest BCUT2D eigenvalue weighted by Gasteiger charge is 2.32. The summed E-state index contributed by atoms with van der Waals surface area (Å²) in [5, 5.41) is 13.3. The van der Waals surface area contributed by atoms with E-state index in [9.17, 15) is 14.4 Å². The average Bonchev–Trinajstić information content (AvgIpc) is 3.32. The number of halogens is 1.